The van der Waals surface area contributed by atoms with E-state index in [0.29, 0.717) is 21.7 Å². The molecule has 4 nitrogen and oxygen atoms in total. The highest BCUT2D eigenvalue weighted by atomic mass is 32.1. The van der Waals surface area contributed by atoms with Gasteiger partial charge in [0.15, 0.2) is 4.80 Å². The molecule has 1 aliphatic heterocycles. The minimum absolute atomic E-state index is 0.101. The molecule has 0 unspecified atom stereocenters. The molecule has 0 N–H and O–H groups in total. The Kier molecular flexibility index (Phi) is 5.74. The fourth-order valence-corrected chi connectivity index (χ4v) is 5.97. The van der Waals surface area contributed by atoms with Crippen molar-refractivity contribution in [1.29, 1.82) is 0 Å². The minimum atomic E-state index is -0.324. The van der Waals surface area contributed by atoms with E-state index in [0.717, 1.165) is 40.8 Å². The van der Waals surface area contributed by atoms with Crippen LogP contribution in [0.2, 0.25) is 0 Å². The van der Waals surface area contributed by atoms with Crippen LogP contribution in [0.3, 0.4) is 0 Å². The van der Waals surface area contributed by atoms with Gasteiger partial charge in [0.1, 0.15) is 18.2 Å². The van der Waals surface area contributed by atoms with E-state index >= 15 is 0 Å². The predicted molar refractivity (Wildman–Crippen MR) is 141 cm³/mol. The maximum absolute atomic E-state index is 13.8. The molecule has 1 aromatic heterocycles. The van der Waals surface area contributed by atoms with Gasteiger partial charge in [-0.05, 0) is 65.4 Å². The summed E-state index contributed by atoms with van der Waals surface area (Å²) in [6, 6.07) is 22.1. The van der Waals surface area contributed by atoms with Crippen LogP contribution in [0.15, 0.2) is 101 Å². The van der Waals surface area contributed by atoms with E-state index in [2.05, 4.69) is 18.7 Å². The number of allylic oxidation sites excluding steroid dienone is 1. The van der Waals surface area contributed by atoms with Crippen LogP contribution in [-0.4, -0.2) is 11.2 Å². The normalized spacial score (nSPS) is 16.6. The number of nitrogens with zero attached hydrogens (tertiary/aromatic N) is 2. The Balaban J connectivity index is 1.55. The molecule has 1 aliphatic carbocycles. The third-order valence-corrected chi connectivity index (χ3v) is 7.57. The summed E-state index contributed by atoms with van der Waals surface area (Å²) in [4.78, 5) is 19.4. The van der Waals surface area contributed by atoms with Gasteiger partial charge in [-0.15, -0.1) is 0 Å². The number of fused-ring (bicyclic) bond motifs is 3. The highest BCUT2D eigenvalue weighted by Crippen LogP contribution is 2.41. The van der Waals surface area contributed by atoms with Crippen molar-refractivity contribution in [3.05, 3.63) is 139 Å². The van der Waals surface area contributed by atoms with Crippen LogP contribution in [-0.2, 0) is 6.42 Å². The molecule has 6 rings (SSSR count). The highest BCUT2D eigenvalue weighted by Gasteiger charge is 2.32. The monoisotopic (exact) mass is 494 g/mol. The van der Waals surface area contributed by atoms with Crippen LogP contribution in [0.5, 0.6) is 5.75 Å². The molecule has 2 aliphatic rings. The summed E-state index contributed by atoms with van der Waals surface area (Å²) < 4.78 is 21.8. The standard InChI is InChI=1S/C30H23FN2O2S/c1-2-16-35-23-8-5-6-19(17-23)18-26-29(34)33-28(21-10-13-22(31)14-11-21)25-15-12-20-7-3-4-9-24(20)27(25)32-30(33)36-26/h2-11,13-14,17-18,28H,1,12,15-16H2/b26-18+/t28-/m1/s1. The number of ether oxygens (including phenoxy) is 1. The van der Waals surface area contributed by atoms with Crippen molar-refractivity contribution in [2.45, 2.75) is 18.9 Å². The molecule has 2 heterocycles. The zero-order chi connectivity index (χ0) is 24.6. The van der Waals surface area contributed by atoms with Crippen LogP contribution >= 0.6 is 11.3 Å². The molecule has 0 amide bonds. The van der Waals surface area contributed by atoms with Crippen LogP contribution in [0.4, 0.5) is 4.39 Å². The first kappa shape index (κ1) is 22.4. The Morgan fingerprint density at radius 1 is 1.08 bits per heavy atom. The van der Waals surface area contributed by atoms with Crippen LogP contribution in [0, 0.1) is 5.82 Å². The van der Waals surface area contributed by atoms with Gasteiger partial charge in [0.05, 0.1) is 16.3 Å². The Hall–Kier alpha value is -4.03. The summed E-state index contributed by atoms with van der Waals surface area (Å²) in [6.07, 6.45) is 5.25. The summed E-state index contributed by atoms with van der Waals surface area (Å²) >= 11 is 1.38. The van der Waals surface area contributed by atoms with E-state index in [-0.39, 0.29) is 17.4 Å². The SMILES string of the molecule is C=CCOc1cccc(/C=c2/sc3n(c2=O)[C@H](c2ccc(F)cc2)C2=C(N=3)c3ccccc3CC2)c1. The Morgan fingerprint density at radius 3 is 2.75 bits per heavy atom. The van der Waals surface area contributed by atoms with Gasteiger partial charge in [-0.25, -0.2) is 9.38 Å². The fraction of sp³-hybridized carbons (Fsp3) is 0.133. The van der Waals surface area contributed by atoms with E-state index in [1.807, 2.05) is 42.5 Å². The third kappa shape index (κ3) is 3.93. The van der Waals surface area contributed by atoms with Crippen LogP contribution in [0.25, 0.3) is 11.8 Å². The maximum atomic E-state index is 13.8. The second-order valence-electron chi connectivity index (χ2n) is 8.84. The number of hydrogen-bond donors (Lipinski definition) is 0. The van der Waals surface area contributed by atoms with Gasteiger partial charge in [-0.1, -0.05) is 72.5 Å². The average Bonchev–Trinajstić information content (AvgIpc) is 3.21. The van der Waals surface area contributed by atoms with Gasteiger partial charge in [-0.2, -0.15) is 0 Å². The molecule has 3 aromatic carbocycles. The molecule has 0 saturated carbocycles. The molecular weight excluding hydrogens is 471 g/mol. The molecule has 0 radical (unpaired) electrons. The van der Waals surface area contributed by atoms with E-state index in [1.54, 1.807) is 22.8 Å². The van der Waals surface area contributed by atoms with E-state index < -0.39 is 0 Å². The zero-order valence-electron chi connectivity index (χ0n) is 19.5. The number of halogens is 1. The van der Waals surface area contributed by atoms with Crippen molar-refractivity contribution < 1.29 is 9.13 Å². The van der Waals surface area contributed by atoms with Crippen molar-refractivity contribution in [2.75, 3.05) is 6.61 Å². The van der Waals surface area contributed by atoms with E-state index in [1.165, 1.54) is 29.0 Å². The van der Waals surface area contributed by atoms with Gasteiger partial charge in [-0.3, -0.25) is 9.36 Å². The van der Waals surface area contributed by atoms with Crippen molar-refractivity contribution in [2.24, 2.45) is 4.99 Å². The van der Waals surface area contributed by atoms with Gasteiger partial charge < -0.3 is 4.74 Å². The molecule has 4 aromatic rings. The Labute approximate surface area is 211 Å². The number of aromatic nitrogens is 1. The number of benzene rings is 3. The minimum Gasteiger partial charge on any atom is -0.490 e. The topological polar surface area (TPSA) is 43.6 Å². The van der Waals surface area contributed by atoms with Crippen molar-refractivity contribution in [3.63, 3.8) is 0 Å². The molecule has 1 atom stereocenters. The van der Waals surface area contributed by atoms with Crippen LogP contribution in [0.1, 0.15) is 34.7 Å². The molecule has 0 bridgehead atoms. The smallest absolute Gasteiger partial charge is 0.271 e. The lowest BCUT2D eigenvalue weighted by Gasteiger charge is -2.30. The second kappa shape index (κ2) is 9.21. The van der Waals surface area contributed by atoms with Crippen molar-refractivity contribution in [3.8, 4) is 5.75 Å². The lowest BCUT2D eigenvalue weighted by atomic mass is 9.83. The largest absolute Gasteiger partial charge is 0.490 e. The number of thiazole rings is 1. The quantitative estimate of drug-likeness (QED) is 0.366. The molecular formula is C30H23FN2O2S. The molecule has 0 saturated heterocycles. The summed E-state index contributed by atoms with van der Waals surface area (Å²) in [5.74, 6) is 0.417. The third-order valence-electron chi connectivity index (χ3n) is 6.58. The molecule has 178 valence electrons. The summed E-state index contributed by atoms with van der Waals surface area (Å²) in [5.41, 5.74) is 6.04. The maximum Gasteiger partial charge on any atom is 0.271 e. The first-order chi connectivity index (χ1) is 17.6. The molecule has 6 heteroatoms. The Morgan fingerprint density at radius 2 is 1.92 bits per heavy atom. The van der Waals surface area contributed by atoms with Gasteiger partial charge >= 0.3 is 0 Å². The zero-order valence-corrected chi connectivity index (χ0v) is 20.3. The average molecular weight is 495 g/mol. The van der Waals surface area contributed by atoms with Crippen molar-refractivity contribution >= 4 is 23.1 Å². The van der Waals surface area contributed by atoms with E-state index in [4.69, 9.17) is 9.73 Å². The van der Waals surface area contributed by atoms with E-state index in [9.17, 15) is 9.18 Å². The fourth-order valence-electron chi connectivity index (χ4n) is 4.97. The Bertz CT molecular complexity index is 1700. The molecule has 0 spiro atoms. The number of rotatable bonds is 5. The predicted octanol–water partition coefficient (Wildman–Crippen LogP) is 5.02. The van der Waals surface area contributed by atoms with Gasteiger partial charge in [0.25, 0.3) is 5.56 Å². The van der Waals surface area contributed by atoms with Crippen LogP contribution < -0.4 is 19.6 Å². The first-order valence-corrected chi connectivity index (χ1v) is 12.7. The summed E-state index contributed by atoms with van der Waals surface area (Å²) in [5, 5.41) is 0. The lowest BCUT2D eigenvalue weighted by Crippen LogP contribution is -2.38. The van der Waals surface area contributed by atoms with Gasteiger partial charge in [0.2, 0.25) is 0 Å². The summed E-state index contributed by atoms with van der Waals surface area (Å²) in [6.45, 7) is 4.10. The highest BCUT2D eigenvalue weighted by molar-refractivity contribution is 7.07. The summed E-state index contributed by atoms with van der Waals surface area (Å²) in [7, 11) is 0. The van der Waals surface area contributed by atoms with Crippen molar-refractivity contribution in [1.82, 2.24) is 4.57 Å². The number of hydrogen-bond acceptors (Lipinski definition) is 4. The second-order valence-corrected chi connectivity index (χ2v) is 9.85. The first-order valence-electron chi connectivity index (χ1n) is 11.8. The molecule has 0 fully saturated rings. The lowest BCUT2D eigenvalue weighted by molar-refractivity contribution is 0.363. The van der Waals surface area contributed by atoms with Gasteiger partial charge in [0, 0.05) is 5.56 Å². The molecule has 36 heavy (non-hydrogen) atoms. The number of aryl methyl sites for hydroxylation is 1.